The summed E-state index contributed by atoms with van der Waals surface area (Å²) < 4.78 is 15.7. The minimum Gasteiger partial charge on any atom is -0.494 e. The predicted octanol–water partition coefficient (Wildman–Crippen LogP) is 1.62. The Morgan fingerprint density at radius 3 is 2.16 bits per heavy atom. The first kappa shape index (κ1) is 15.3. The van der Waals surface area contributed by atoms with Crippen molar-refractivity contribution in [2.45, 2.75) is 19.4 Å². The fraction of sp³-hybridized carbons (Fsp3) is 0.500. The molecule has 1 unspecified atom stereocenters. The molecule has 1 atom stereocenters. The van der Waals surface area contributed by atoms with Crippen molar-refractivity contribution >= 4 is 5.97 Å². The number of hydrogen-bond donors (Lipinski definition) is 1. The van der Waals surface area contributed by atoms with Crippen LogP contribution in [0.3, 0.4) is 0 Å². The quantitative estimate of drug-likeness (QED) is 0.761. The third-order valence-corrected chi connectivity index (χ3v) is 2.85. The lowest BCUT2D eigenvalue weighted by atomic mass is 10.1. The van der Waals surface area contributed by atoms with Gasteiger partial charge in [0.2, 0.25) is 0 Å². The van der Waals surface area contributed by atoms with E-state index in [4.69, 9.17) is 14.2 Å². The standard InChI is InChI=1S/C14H21NO4/c1-5-18-11-6-8-12(9-7-11)19-10-14(2,15-3)13(16)17-4/h6-9,15H,5,10H2,1-4H3. The van der Waals surface area contributed by atoms with E-state index in [-0.39, 0.29) is 12.6 Å². The maximum absolute atomic E-state index is 11.6. The Kier molecular flexibility index (Phi) is 5.63. The summed E-state index contributed by atoms with van der Waals surface area (Å²) in [7, 11) is 3.05. The molecule has 5 heteroatoms. The van der Waals surface area contributed by atoms with Crippen LogP contribution in [0.5, 0.6) is 11.5 Å². The molecule has 0 heterocycles. The summed E-state index contributed by atoms with van der Waals surface area (Å²) in [5.41, 5.74) is -0.868. The minimum atomic E-state index is -0.868. The number of esters is 1. The van der Waals surface area contributed by atoms with Crippen molar-refractivity contribution in [3.05, 3.63) is 24.3 Å². The topological polar surface area (TPSA) is 56.8 Å². The molecule has 106 valence electrons. The van der Waals surface area contributed by atoms with Crippen molar-refractivity contribution in [1.29, 1.82) is 0 Å². The van der Waals surface area contributed by atoms with Crippen molar-refractivity contribution in [3.8, 4) is 11.5 Å². The summed E-state index contributed by atoms with van der Waals surface area (Å²) in [6.07, 6.45) is 0. The molecule has 0 bridgehead atoms. The smallest absolute Gasteiger partial charge is 0.329 e. The first-order chi connectivity index (χ1) is 9.05. The van der Waals surface area contributed by atoms with Crippen molar-refractivity contribution in [2.75, 3.05) is 27.4 Å². The van der Waals surface area contributed by atoms with Gasteiger partial charge in [-0.25, -0.2) is 4.79 Å². The monoisotopic (exact) mass is 267 g/mol. The maximum Gasteiger partial charge on any atom is 0.329 e. The number of hydrogen-bond acceptors (Lipinski definition) is 5. The Hall–Kier alpha value is -1.75. The van der Waals surface area contributed by atoms with Gasteiger partial charge in [0.25, 0.3) is 0 Å². The van der Waals surface area contributed by atoms with E-state index in [0.29, 0.717) is 12.4 Å². The van der Waals surface area contributed by atoms with Crippen LogP contribution in [0.25, 0.3) is 0 Å². The average Bonchev–Trinajstić information content (AvgIpc) is 2.45. The summed E-state index contributed by atoms with van der Waals surface area (Å²) in [6, 6.07) is 7.26. The Morgan fingerprint density at radius 1 is 1.21 bits per heavy atom. The zero-order chi connectivity index (χ0) is 14.3. The number of nitrogens with one attached hydrogen (secondary N) is 1. The molecule has 5 nitrogen and oxygen atoms in total. The fourth-order valence-electron chi connectivity index (χ4n) is 1.48. The van der Waals surface area contributed by atoms with Gasteiger partial charge in [-0.15, -0.1) is 0 Å². The average molecular weight is 267 g/mol. The van der Waals surface area contributed by atoms with Crippen LogP contribution in [0.15, 0.2) is 24.3 Å². The highest BCUT2D eigenvalue weighted by Crippen LogP contribution is 2.19. The lowest BCUT2D eigenvalue weighted by Crippen LogP contribution is -2.52. The van der Waals surface area contributed by atoms with Crippen LogP contribution in [0, 0.1) is 0 Å². The first-order valence-corrected chi connectivity index (χ1v) is 6.18. The molecule has 0 fully saturated rings. The number of ether oxygens (including phenoxy) is 3. The first-order valence-electron chi connectivity index (χ1n) is 6.18. The van der Waals surface area contributed by atoms with Crippen LogP contribution in [-0.2, 0) is 9.53 Å². The molecule has 19 heavy (non-hydrogen) atoms. The molecule has 0 aromatic heterocycles. The van der Waals surface area contributed by atoms with Gasteiger partial charge in [0.15, 0.2) is 0 Å². The van der Waals surface area contributed by atoms with Crippen LogP contribution in [0.2, 0.25) is 0 Å². The third kappa shape index (κ3) is 4.13. The number of carbonyl (C=O) groups is 1. The third-order valence-electron chi connectivity index (χ3n) is 2.85. The van der Waals surface area contributed by atoms with E-state index < -0.39 is 5.54 Å². The largest absolute Gasteiger partial charge is 0.494 e. The highest BCUT2D eigenvalue weighted by Gasteiger charge is 2.33. The molecule has 0 radical (unpaired) electrons. The zero-order valence-electron chi connectivity index (χ0n) is 11.9. The van der Waals surface area contributed by atoms with E-state index in [1.54, 1.807) is 26.1 Å². The molecule has 1 N–H and O–H groups in total. The normalized spacial score (nSPS) is 13.5. The second kappa shape index (κ2) is 6.99. The van der Waals surface area contributed by atoms with Gasteiger partial charge >= 0.3 is 5.97 Å². The van der Waals surface area contributed by atoms with Gasteiger partial charge in [-0.3, -0.25) is 0 Å². The van der Waals surface area contributed by atoms with E-state index in [0.717, 1.165) is 5.75 Å². The van der Waals surface area contributed by atoms with Gasteiger partial charge in [-0.05, 0) is 45.2 Å². The summed E-state index contributed by atoms with van der Waals surface area (Å²) in [5, 5.41) is 2.91. The molecule has 0 spiro atoms. The van der Waals surface area contributed by atoms with Crippen molar-refractivity contribution < 1.29 is 19.0 Å². The van der Waals surface area contributed by atoms with E-state index in [1.165, 1.54) is 7.11 Å². The SMILES string of the molecule is CCOc1ccc(OCC(C)(NC)C(=O)OC)cc1. The molecule has 0 aliphatic rings. The predicted molar refractivity (Wildman–Crippen MR) is 72.6 cm³/mol. The minimum absolute atomic E-state index is 0.185. The molecular weight excluding hydrogens is 246 g/mol. The van der Waals surface area contributed by atoms with Crippen LogP contribution in [0.4, 0.5) is 0 Å². The van der Waals surface area contributed by atoms with Gasteiger partial charge in [-0.1, -0.05) is 0 Å². The Morgan fingerprint density at radius 2 is 1.74 bits per heavy atom. The van der Waals surface area contributed by atoms with Crippen molar-refractivity contribution in [3.63, 3.8) is 0 Å². The number of methoxy groups -OCH3 is 1. The highest BCUT2D eigenvalue weighted by molar-refractivity contribution is 5.80. The second-order valence-corrected chi connectivity index (χ2v) is 4.27. The molecule has 1 rings (SSSR count). The van der Waals surface area contributed by atoms with Gasteiger partial charge < -0.3 is 19.5 Å². The molecule has 1 aromatic rings. The Balaban J connectivity index is 2.62. The Labute approximate surface area is 113 Å². The van der Waals surface area contributed by atoms with E-state index in [1.807, 2.05) is 19.1 Å². The summed E-state index contributed by atoms with van der Waals surface area (Å²) in [4.78, 5) is 11.6. The van der Waals surface area contributed by atoms with E-state index >= 15 is 0 Å². The number of rotatable bonds is 7. The number of benzene rings is 1. The summed E-state index contributed by atoms with van der Waals surface area (Å²) >= 11 is 0. The van der Waals surface area contributed by atoms with Crippen LogP contribution >= 0.6 is 0 Å². The molecule has 1 aromatic carbocycles. The number of likely N-dealkylation sites (N-methyl/N-ethyl adjacent to an activating group) is 1. The summed E-state index contributed by atoms with van der Waals surface area (Å²) in [6.45, 7) is 4.47. The van der Waals surface area contributed by atoms with Gasteiger partial charge in [-0.2, -0.15) is 0 Å². The zero-order valence-corrected chi connectivity index (χ0v) is 11.9. The molecule has 0 saturated carbocycles. The molecular formula is C14H21NO4. The highest BCUT2D eigenvalue weighted by atomic mass is 16.5. The van der Waals surface area contributed by atoms with Crippen LogP contribution in [-0.4, -0.2) is 38.9 Å². The second-order valence-electron chi connectivity index (χ2n) is 4.27. The molecule has 0 aliphatic heterocycles. The Bertz CT molecular complexity index is 404. The van der Waals surface area contributed by atoms with E-state index in [2.05, 4.69) is 5.32 Å². The van der Waals surface area contributed by atoms with Gasteiger partial charge in [0, 0.05) is 0 Å². The van der Waals surface area contributed by atoms with Gasteiger partial charge in [0.1, 0.15) is 23.6 Å². The van der Waals surface area contributed by atoms with Gasteiger partial charge in [0.05, 0.1) is 13.7 Å². The van der Waals surface area contributed by atoms with Crippen molar-refractivity contribution in [2.24, 2.45) is 0 Å². The molecule has 0 amide bonds. The lowest BCUT2D eigenvalue weighted by molar-refractivity contribution is -0.148. The lowest BCUT2D eigenvalue weighted by Gasteiger charge is -2.25. The van der Waals surface area contributed by atoms with Crippen LogP contribution < -0.4 is 14.8 Å². The van der Waals surface area contributed by atoms with Crippen molar-refractivity contribution in [1.82, 2.24) is 5.32 Å². The number of carbonyl (C=O) groups excluding carboxylic acids is 1. The fourth-order valence-corrected chi connectivity index (χ4v) is 1.48. The van der Waals surface area contributed by atoms with E-state index in [9.17, 15) is 4.79 Å². The molecule has 0 aliphatic carbocycles. The van der Waals surface area contributed by atoms with Crippen LogP contribution in [0.1, 0.15) is 13.8 Å². The maximum atomic E-state index is 11.6. The molecule has 0 saturated heterocycles. The summed E-state index contributed by atoms with van der Waals surface area (Å²) in [5.74, 6) is 1.11.